The minimum Gasteiger partial charge on any atom is -0.394 e. The normalized spacial score (nSPS) is 25.9. The van der Waals surface area contributed by atoms with Crippen molar-refractivity contribution in [3.63, 3.8) is 0 Å². The van der Waals surface area contributed by atoms with Gasteiger partial charge in [-0.1, -0.05) is 197 Å². The van der Waals surface area contributed by atoms with E-state index in [4.69, 9.17) is 18.9 Å². The van der Waals surface area contributed by atoms with Crippen molar-refractivity contribution in [2.75, 3.05) is 19.8 Å². The van der Waals surface area contributed by atoms with Crippen LogP contribution in [0.2, 0.25) is 0 Å². The number of hydrogen-bond donors (Lipinski definition) is 9. The van der Waals surface area contributed by atoms with Crippen molar-refractivity contribution >= 4 is 5.91 Å². The Hall–Kier alpha value is -2.05. The van der Waals surface area contributed by atoms with E-state index in [1.807, 2.05) is 6.08 Å². The summed E-state index contributed by atoms with van der Waals surface area (Å²) < 4.78 is 22.7. The van der Waals surface area contributed by atoms with Crippen LogP contribution in [-0.4, -0.2) is 140 Å². The Bertz CT molecular complexity index is 1390. The third-order valence-electron chi connectivity index (χ3n) is 14.0. The van der Waals surface area contributed by atoms with Crippen molar-refractivity contribution in [1.82, 2.24) is 5.32 Å². The summed E-state index contributed by atoms with van der Waals surface area (Å²) in [6, 6.07) is -0.929. The van der Waals surface area contributed by atoms with Crippen molar-refractivity contribution in [2.45, 2.75) is 293 Å². The van der Waals surface area contributed by atoms with Gasteiger partial charge in [0.25, 0.3) is 0 Å². The number of carbonyl (C=O) groups is 1. The maximum absolute atomic E-state index is 13.2. The van der Waals surface area contributed by atoms with Crippen molar-refractivity contribution < 1.29 is 64.6 Å². The molecule has 0 aromatic heterocycles. The number of nitrogens with one attached hydrogen (secondary N) is 1. The lowest BCUT2D eigenvalue weighted by Crippen LogP contribution is -2.65. The van der Waals surface area contributed by atoms with Gasteiger partial charge in [0.15, 0.2) is 12.6 Å². The van der Waals surface area contributed by atoms with E-state index in [2.05, 4.69) is 55.6 Å². The first-order chi connectivity index (χ1) is 35.1. The van der Waals surface area contributed by atoms with E-state index in [1.165, 1.54) is 141 Å². The zero-order chi connectivity index (χ0) is 52.4. The first-order valence-electron chi connectivity index (χ1n) is 28.9. The summed E-state index contributed by atoms with van der Waals surface area (Å²) in [4.78, 5) is 13.2. The highest BCUT2D eigenvalue weighted by Gasteiger charge is 2.51. The molecule has 0 bridgehead atoms. The highest BCUT2D eigenvalue weighted by molar-refractivity contribution is 5.76. The molecule has 2 heterocycles. The highest BCUT2D eigenvalue weighted by Crippen LogP contribution is 2.30. The molecule has 72 heavy (non-hydrogen) atoms. The Morgan fingerprint density at radius 2 is 0.931 bits per heavy atom. The predicted octanol–water partition coefficient (Wildman–Crippen LogP) is 9.22. The Kier molecular flexibility index (Phi) is 40.5. The molecular formula is C58H105NO13. The number of aliphatic hydroxyl groups excluding tert-OH is 8. The molecule has 0 aliphatic carbocycles. The van der Waals surface area contributed by atoms with Crippen LogP contribution in [0.25, 0.3) is 0 Å². The summed E-state index contributed by atoms with van der Waals surface area (Å²) in [6.07, 6.45) is 37.6. The van der Waals surface area contributed by atoms with Gasteiger partial charge in [0, 0.05) is 6.42 Å². The quantitative estimate of drug-likeness (QED) is 0.0205. The molecule has 1 amide bonds. The number of aliphatic hydroxyl groups is 8. The van der Waals surface area contributed by atoms with Crippen LogP contribution >= 0.6 is 0 Å². The zero-order valence-corrected chi connectivity index (χ0v) is 44.9. The number of unbranched alkanes of at least 4 members (excludes halogenated alkanes) is 26. The fourth-order valence-corrected chi connectivity index (χ4v) is 9.28. The van der Waals surface area contributed by atoms with Crippen molar-refractivity contribution in [3.8, 4) is 0 Å². The Morgan fingerprint density at radius 1 is 0.500 bits per heavy atom. The van der Waals surface area contributed by atoms with Crippen LogP contribution in [0.4, 0.5) is 0 Å². The first kappa shape index (κ1) is 66.1. The van der Waals surface area contributed by atoms with Crippen molar-refractivity contribution in [1.29, 1.82) is 0 Å². The molecule has 0 spiro atoms. The summed E-state index contributed by atoms with van der Waals surface area (Å²) in [5.74, 6) is -0.252. The molecule has 2 fully saturated rings. The third-order valence-corrected chi connectivity index (χ3v) is 14.0. The maximum atomic E-state index is 13.2. The molecule has 2 rings (SSSR count). The fraction of sp³-hybridized carbons (Fsp3) is 0.845. The van der Waals surface area contributed by atoms with E-state index < -0.39 is 86.8 Å². The summed E-state index contributed by atoms with van der Waals surface area (Å²) >= 11 is 0. The molecule has 14 nitrogen and oxygen atoms in total. The maximum Gasteiger partial charge on any atom is 0.220 e. The lowest BCUT2D eigenvalue weighted by atomic mass is 9.97. The van der Waals surface area contributed by atoms with E-state index >= 15 is 0 Å². The van der Waals surface area contributed by atoms with Gasteiger partial charge in [0.2, 0.25) is 5.91 Å². The molecule has 2 aliphatic heterocycles. The topological polar surface area (TPSA) is 228 Å². The van der Waals surface area contributed by atoms with Gasteiger partial charge in [-0.05, 0) is 64.2 Å². The smallest absolute Gasteiger partial charge is 0.220 e. The number of hydrogen-bond acceptors (Lipinski definition) is 13. The first-order valence-corrected chi connectivity index (χ1v) is 28.9. The largest absolute Gasteiger partial charge is 0.394 e. The van der Waals surface area contributed by atoms with E-state index in [0.717, 1.165) is 44.9 Å². The number of carbonyl (C=O) groups excluding carboxylic acids is 1. The molecule has 14 heteroatoms. The monoisotopic (exact) mass is 1020 g/mol. The second kappa shape index (κ2) is 44.1. The number of allylic oxidation sites excluding steroid dienone is 7. The molecule has 12 atom stereocenters. The minimum atomic E-state index is -1.79. The van der Waals surface area contributed by atoms with Crippen LogP contribution < -0.4 is 5.32 Å². The molecule has 420 valence electrons. The van der Waals surface area contributed by atoms with Crippen LogP contribution in [0.1, 0.15) is 219 Å². The molecule has 0 saturated carbocycles. The van der Waals surface area contributed by atoms with E-state index in [9.17, 15) is 45.6 Å². The summed E-state index contributed by atoms with van der Waals surface area (Å²) in [5.41, 5.74) is 0. The van der Waals surface area contributed by atoms with Gasteiger partial charge in [-0.15, -0.1) is 0 Å². The van der Waals surface area contributed by atoms with E-state index in [0.29, 0.717) is 12.8 Å². The summed E-state index contributed by atoms with van der Waals surface area (Å²) in [7, 11) is 0. The van der Waals surface area contributed by atoms with Crippen LogP contribution in [0, 0.1) is 0 Å². The summed E-state index contributed by atoms with van der Waals surface area (Å²) in [6.45, 7) is 2.70. The SMILES string of the molecule is CCCCC/C=C/CC/C=C/C(O)C(COC1OC(CO)C(OC2OC(CO)C(O)C(O)C2O)C(O)C1O)NC(=O)CCCCCCCCCCCCCCCCCCC/C=C\C/C=C\CCCCCCC. The molecule has 2 saturated heterocycles. The molecular weight excluding hydrogens is 919 g/mol. The van der Waals surface area contributed by atoms with E-state index in [1.54, 1.807) is 6.08 Å². The van der Waals surface area contributed by atoms with Gasteiger partial charge in [-0.3, -0.25) is 4.79 Å². The Labute approximate surface area is 435 Å². The molecule has 0 aromatic rings. The summed E-state index contributed by atoms with van der Waals surface area (Å²) in [5, 5.41) is 86.7. The predicted molar refractivity (Wildman–Crippen MR) is 286 cm³/mol. The van der Waals surface area contributed by atoms with E-state index in [-0.39, 0.29) is 18.9 Å². The molecule has 9 N–H and O–H groups in total. The van der Waals surface area contributed by atoms with Crippen LogP contribution in [0.15, 0.2) is 48.6 Å². The number of rotatable bonds is 45. The van der Waals surface area contributed by atoms with Crippen LogP contribution in [0.3, 0.4) is 0 Å². The second-order valence-electron chi connectivity index (χ2n) is 20.4. The molecule has 0 aromatic carbocycles. The standard InChI is InChI=1S/C58H105NO13/c1-3-5-7-9-11-13-14-15-16-17-18-19-20-21-22-23-24-25-26-27-28-29-30-31-32-34-36-38-40-42-50(63)59-46(47(62)41-39-37-35-33-12-10-8-6-4-2)45-69-57-55(68)53(66)56(49(44-61)71-57)72-58-54(67)52(65)51(64)48(43-60)70-58/h12,14-15,17-18,33,39,41,46-49,51-58,60-62,64-68H,3-11,13,16,19-32,34-38,40,42-45H2,1-2H3,(H,59,63)/b15-14-,18-17-,33-12+,41-39+. The highest BCUT2D eigenvalue weighted by atomic mass is 16.7. The van der Waals surface area contributed by atoms with Crippen LogP contribution in [0.5, 0.6) is 0 Å². The molecule has 2 aliphatic rings. The number of amides is 1. The zero-order valence-electron chi connectivity index (χ0n) is 44.9. The average Bonchev–Trinajstić information content (AvgIpc) is 3.38. The molecule has 0 radical (unpaired) electrons. The van der Waals surface area contributed by atoms with Crippen LogP contribution in [-0.2, 0) is 23.7 Å². The van der Waals surface area contributed by atoms with Gasteiger partial charge in [-0.2, -0.15) is 0 Å². The van der Waals surface area contributed by atoms with Gasteiger partial charge in [0.1, 0.15) is 48.8 Å². The van der Waals surface area contributed by atoms with Crippen molar-refractivity contribution in [3.05, 3.63) is 48.6 Å². The average molecular weight is 1020 g/mol. The van der Waals surface area contributed by atoms with Gasteiger partial charge < -0.3 is 65.1 Å². The van der Waals surface area contributed by atoms with Gasteiger partial charge in [-0.25, -0.2) is 0 Å². The Balaban J connectivity index is 1.65. The lowest BCUT2D eigenvalue weighted by molar-refractivity contribution is -0.359. The lowest BCUT2D eigenvalue weighted by Gasteiger charge is -2.46. The second-order valence-corrected chi connectivity index (χ2v) is 20.4. The minimum absolute atomic E-state index is 0.252. The van der Waals surface area contributed by atoms with Gasteiger partial charge in [0.05, 0.1) is 32.0 Å². The van der Waals surface area contributed by atoms with Crippen molar-refractivity contribution in [2.24, 2.45) is 0 Å². The number of ether oxygens (including phenoxy) is 4. The third kappa shape index (κ3) is 29.9. The Morgan fingerprint density at radius 3 is 1.47 bits per heavy atom. The van der Waals surface area contributed by atoms with Gasteiger partial charge >= 0.3 is 0 Å². The fourth-order valence-electron chi connectivity index (χ4n) is 9.28. The molecule has 12 unspecified atom stereocenters.